The molecule has 1 atom stereocenters. The number of nitrogens with zero attached hydrogens (tertiary/aromatic N) is 4. The molecular weight excluding hydrogens is 629 g/mol. The minimum atomic E-state index is -0.236. The molecule has 0 radical (unpaired) electrons. The third kappa shape index (κ3) is 6.93. The summed E-state index contributed by atoms with van der Waals surface area (Å²) in [6.07, 6.45) is 5.94. The summed E-state index contributed by atoms with van der Waals surface area (Å²) >= 11 is 14.0. The number of hydrogen-bond acceptors (Lipinski definition) is 10. The van der Waals surface area contributed by atoms with Crippen molar-refractivity contribution in [2.24, 2.45) is 0 Å². The number of benzene rings is 2. The minimum Gasteiger partial charge on any atom is -0.480 e. The molecule has 1 amide bonds. The first-order valence-electron chi connectivity index (χ1n) is 15.1. The third-order valence-corrected chi connectivity index (χ3v) is 9.10. The van der Waals surface area contributed by atoms with Gasteiger partial charge < -0.3 is 30.5 Å². The molecule has 3 heterocycles. The highest BCUT2D eigenvalue weighted by molar-refractivity contribution is 6.39. The van der Waals surface area contributed by atoms with Gasteiger partial charge in [0.15, 0.2) is 0 Å². The van der Waals surface area contributed by atoms with Crippen molar-refractivity contribution in [2.45, 2.75) is 57.0 Å². The maximum atomic E-state index is 11.5. The fourth-order valence-corrected chi connectivity index (χ4v) is 6.34. The van der Waals surface area contributed by atoms with Crippen LogP contribution in [0.2, 0.25) is 10.0 Å². The highest BCUT2D eigenvalue weighted by atomic mass is 35.5. The summed E-state index contributed by atoms with van der Waals surface area (Å²) in [6.45, 7) is 1.56. The van der Waals surface area contributed by atoms with E-state index in [-0.39, 0.29) is 24.1 Å². The van der Waals surface area contributed by atoms with Crippen LogP contribution in [0.25, 0.3) is 33.6 Å². The summed E-state index contributed by atoms with van der Waals surface area (Å²) in [7, 11) is 3.12. The number of aliphatic hydroxyl groups excluding tert-OH is 1. The molecule has 4 aromatic rings. The van der Waals surface area contributed by atoms with Crippen molar-refractivity contribution in [3.63, 3.8) is 0 Å². The van der Waals surface area contributed by atoms with Gasteiger partial charge in [-0.1, -0.05) is 59.6 Å². The van der Waals surface area contributed by atoms with Crippen molar-refractivity contribution < 1.29 is 19.4 Å². The SMILES string of the molecule is COc1nc(-c2cccc(-c3cccc(-c4cnc(CN[C@H]5C[C@@H](O)C5)c(OC)n4)c3Cl)c2Cl)cnc1CNC[C@@H]1CCC(=O)N1. The zero-order valence-electron chi connectivity index (χ0n) is 25.5. The van der Waals surface area contributed by atoms with Gasteiger partial charge in [-0.15, -0.1) is 0 Å². The summed E-state index contributed by atoms with van der Waals surface area (Å²) in [6, 6.07) is 11.7. The van der Waals surface area contributed by atoms with Gasteiger partial charge in [0.2, 0.25) is 17.7 Å². The van der Waals surface area contributed by atoms with Gasteiger partial charge >= 0.3 is 0 Å². The van der Waals surface area contributed by atoms with E-state index >= 15 is 0 Å². The molecule has 1 saturated carbocycles. The highest BCUT2D eigenvalue weighted by Crippen LogP contribution is 2.42. The predicted octanol–water partition coefficient (Wildman–Crippen LogP) is 4.57. The van der Waals surface area contributed by atoms with Crippen LogP contribution >= 0.6 is 23.2 Å². The van der Waals surface area contributed by atoms with E-state index in [2.05, 4.69) is 25.9 Å². The zero-order valence-corrected chi connectivity index (χ0v) is 27.0. The Morgan fingerprint density at radius 2 is 1.41 bits per heavy atom. The Bertz CT molecular complexity index is 1730. The van der Waals surface area contributed by atoms with Gasteiger partial charge in [-0.25, -0.2) is 9.97 Å². The smallest absolute Gasteiger partial charge is 0.237 e. The second kappa shape index (κ2) is 14.3. The summed E-state index contributed by atoms with van der Waals surface area (Å²) in [5.74, 6) is 0.875. The Morgan fingerprint density at radius 1 is 0.870 bits per heavy atom. The number of aliphatic hydroxyl groups is 1. The van der Waals surface area contributed by atoms with E-state index in [1.807, 2.05) is 36.4 Å². The fourth-order valence-electron chi connectivity index (χ4n) is 5.69. The van der Waals surface area contributed by atoms with Crippen LogP contribution < -0.4 is 25.4 Å². The van der Waals surface area contributed by atoms with Crippen molar-refractivity contribution in [3.8, 4) is 45.4 Å². The van der Waals surface area contributed by atoms with E-state index in [0.717, 1.165) is 30.4 Å². The van der Waals surface area contributed by atoms with Crippen LogP contribution in [0.3, 0.4) is 0 Å². The number of rotatable bonds is 12. The lowest BCUT2D eigenvalue weighted by Gasteiger charge is -2.32. The molecule has 2 fully saturated rings. The number of ether oxygens (including phenoxy) is 2. The lowest BCUT2D eigenvalue weighted by molar-refractivity contribution is -0.119. The molecule has 1 aliphatic carbocycles. The molecule has 4 N–H and O–H groups in total. The van der Waals surface area contributed by atoms with Crippen LogP contribution in [0, 0.1) is 0 Å². The van der Waals surface area contributed by atoms with Crippen molar-refractivity contribution in [2.75, 3.05) is 20.8 Å². The summed E-state index contributed by atoms with van der Waals surface area (Å²) < 4.78 is 11.1. The van der Waals surface area contributed by atoms with E-state index in [9.17, 15) is 9.90 Å². The van der Waals surface area contributed by atoms with Gasteiger partial charge in [-0.2, -0.15) is 0 Å². The summed E-state index contributed by atoms with van der Waals surface area (Å²) in [4.78, 5) is 30.1. The molecule has 1 saturated heterocycles. The molecular formula is C33H35Cl2N7O4. The van der Waals surface area contributed by atoms with E-state index < -0.39 is 0 Å². The Labute approximate surface area is 277 Å². The van der Waals surface area contributed by atoms with Gasteiger partial charge in [-0.3, -0.25) is 14.8 Å². The average molecular weight is 665 g/mol. The van der Waals surface area contributed by atoms with Crippen LogP contribution in [0.15, 0.2) is 48.8 Å². The van der Waals surface area contributed by atoms with Gasteiger partial charge in [0.05, 0.1) is 54.2 Å². The van der Waals surface area contributed by atoms with Gasteiger partial charge in [0.1, 0.15) is 11.4 Å². The van der Waals surface area contributed by atoms with Gasteiger partial charge in [0.25, 0.3) is 0 Å². The minimum absolute atomic E-state index is 0.0824. The van der Waals surface area contributed by atoms with Crippen molar-refractivity contribution >= 4 is 29.1 Å². The number of nitrogens with one attached hydrogen (secondary N) is 3. The predicted molar refractivity (Wildman–Crippen MR) is 176 cm³/mol. The Balaban J connectivity index is 1.23. The molecule has 6 rings (SSSR count). The number of hydrogen-bond donors (Lipinski definition) is 4. The number of methoxy groups -OCH3 is 2. The molecule has 0 spiro atoms. The quantitative estimate of drug-likeness (QED) is 0.170. The van der Waals surface area contributed by atoms with Crippen LogP contribution in [0.1, 0.15) is 37.1 Å². The third-order valence-electron chi connectivity index (χ3n) is 8.29. The normalized spacial score (nSPS) is 19.1. The standard InChI is InChI=1S/C33H35Cl2N7O4/c1-45-32-27(14-36-13-18-9-10-29(44)40-18)38-15-25(41-32)23-7-3-5-21(30(23)34)22-6-4-8-24(31(22)35)26-16-39-28(33(42-26)46-2)17-37-19-11-20(43)12-19/h3-8,15-16,18-20,36-37,43H,9-14,17H2,1-2H3,(H,40,44)/t18-,19-,20+/m0/s1. The average Bonchev–Trinajstić information content (AvgIpc) is 3.47. The molecule has 2 aliphatic rings. The molecule has 0 bridgehead atoms. The van der Waals surface area contributed by atoms with E-state index in [1.54, 1.807) is 26.6 Å². The number of carbonyl (C=O) groups is 1. The first-order valence-corrected chi connectivity index (χ1v) is 15.9. The van der Waals surface area contributed by atoms with Crippen molar-refractivity contribution in [1.82, 2.24) is 35.9 Å². The summed E-state index contributed by atoms with van der Waals surface area (Å²) in [5, 5.41) is 20.1. The van der Waals surface area contributed by atoms with Crippen LogP contribution in [0.4, 0.5) is 0 Å². The second-order valence-electron chi connectivity index (χ2n) is 11.4. The number of carbonyl (C=O) groups excluding carboxylic acids is 1. The molecule has 11 nitrogen and oxygen atoms in total. The van der Waals surface area contributed by atoms with E-state index in [1.165, 1.54) is 0 Å². The number of amides is 1. The first kappa shape index (κ1) is 32.1. The molecule has 2 aromatic heterocycles. The molecule has 1 aliphatic heterocycles. The van der Waals surface area contributed by atoms with E-state index in [4.69, 9.17) is 42.6 Å². The molecule has 0 unspecified atom stereocenters. The topological polar surface area (TPSA) is 143 Å². The number of aromatic nitrogens is 4. The Morgan fingerprint density at radius 3 is 1.91 bits per heavy atom. The maximum absolute atomic E-state index is 11.5. The van der Waals surface area contributed by atoms with Gasteiger partial charge in [-0.05, 0) is 19.3 Å². The van der Waals surface area contributed by atoms with Crippen LogP contribution in [-0.2, 0) is 17.9 Å². The monoisotopic (exact) mass is 663 g/mol. The van der Waals surface area contributed by atoms with E-state index in [0.29, 0.717) is 81.8 Å². The Hall–Kier alpha value is -3.87. The highest BCUT2D eigenvalue weighted by Gasteiger charge is 2.27. The van der Waals surface area contributed by atoms with Crippen LogP contribution in [-0.4, -0.2) is 69.9 Å². The summed E-state index contributed by atoms with van der Waals surface area (Å²) in [5.41, 5.74) is 5.25. The lowest BCUT2D eigenvalue weighted by Crippen LogP contribution is -2.43. The molecule has 240 valence electrons. The molecule has 46 heavy (non-hydrogen) atoms. The number of halogens is 2. The Kier molecular flexibility index (Phi) is 9.95. The maximum Gasteiger partial charge on any atom is 0.237 e. The molecule has 13 heteroatoms. The fraction of sp³-hybridized carbons (Fsp3) is 0.364. The first-order chi connectivity index (χ1) is 22.3. The van der Waals surface area contributed by atoms with Crippen LogP contribution in [0.5, 0.6) is 11.8 Å². The van der Waals surface area contributed by atoms with Crippen molar-refractivity contribution in [3.05, 3.63) is 70.2 Å². The largest absolute Gasteiger partial charge is 0.480 e. The molecule has 2 aromatic carbocycles. The lowest BCUT2D eigenvalue weighted by atomic mass is 9.89. The van der Waals surface area contributed by atoms with Gasteiger partial charge in [0, 0.05) is 60.4 Å². The zero-order chi connectivity index (χ0) is 32.2. The van der Waals surface area contributed by atoms with Crippen molar-refractivity contribution in [1.29, 1.82) is 0 Å². The second-order valence-corrected chi connectivity index (χ2v) is 12.1.